The summed E-state index contributed by atoms with van der Waals surface area (Å²) in [7, 11) is 0. The van der Waals surface area contributed by atoms with Gasteiger partial charge in [0.1, 0.15) is 11.7 Å². The van der Waals surface area contributed by atoms with Crippen molar-refractivity contribution in [1.29, 1.82) is 0 Å². The average Bonchev–Trinajstić information content (AvgIpc) is 3.27. The molecule has 5 aliphatic rings. The number of aliphatic hydroxyl groups excluding tert-OH is 1. The van der Waals surface area contributed by atoms with Crippen LogP contribution in [0, 0.1) is 46.3 Å². The molecule has 1 N–H and O–H groups in total. The summed E-state index contributed by atoms with van der Waals surface area (Å²) in [6, 6.07) is 0. The molecule has 0 aromatic heterocycles. The van der Waals surface area contributed by atoms with Crippen LogP contribution < -0.4 is 0 Å². The van der Waals surface area contributed by atoms with E-state index in [2.05, 4.69) is 59.8 Å². The maximum absolute atomic E-state index is 10.4. The number of allylic oxidation sites excluding steroid dienone is 3. The topological polar surface area (TPSA) is 32.8 Å². The standard InChI is InChI=1S/C28H44O2/c1-17(2)18(3)7-8-19(4)22-9-10-23-21-15-25-28(30-25)16-20(29)11-14-27(28,6)24(21)12-13-26(22,23)5/h7-8,15,17-20,22-25,29H,9-14,16H2,1-6H3/t18-,19-,20+,22-,23+,24+,25+,26-,27-,28+/m1/s1. The van der Waals surface area contributed by atoms with E-state index in [0.29, 0.717) is 23.2 Å². The minimum Gasteiger partial charge on any atom is -0.393 e. The summed E-state index contributed by atoms with van der Waals surface area (Å²) in [5, 5.41) is 10.4. The van der Waals surface area contributed by atoms with E-state index >= 15 is 0 Å². The molecule has 4 fully saturated rings. The number of aliphatic hydroxyl groups is 1. The Bertz CT molecular complexity index is 752. The van der Waals surface area contributed by atoms with Crippen molar-refractivity contribution in [1.82, 2.24) is 0 Å². The zero-order valence-corrected chi connectivity index (χ0v) is 20.2. The molecule has 1 aliphatic heterocycles. The van der Waals surface area contributed by atoms with Gasteiger partial charge in [0.2, 0.25) is 0 Å². The maximum Gasteiger partial charge on any atom is 0.107 e. The molecule has 30 heavy (non-hydrogen) atoms. The fourth-order valence-corrected chi connectivity index (χ4v) is 8.52. The SMILES string of the molecule is CC(C)[C@H](C)C=C[C@@H](C)[C@H]1CC[C@H]2C3=C[C@@H]4O[C@@]45C[C@@H](O)CC[C@]5(C)[C@H]3CC[C@]12C. The second kappa shape index (κ2) is 6.95. The summed E-state index contributed by atoms with van der Waals surface area (Å²) < 4.78 is 6.43. The first kappa shape index (κ1) is 21.3. The van der Waals surface area contributed by atoms with Gasteiger partial charge in [0.15, 0.2) is 0 Å². The normalized spacial score (nSPS) is 51.6. The zero-order valence-electron chi connectivity index (χ0n) is 20.2. The van der Waals surface area contributed by atoms with Crippen LogP contribution in [0.4, 0.5) is 0 Å². The molecular formula is C28H44O2. The van der Waals surface area contributed by atoms with Gasteiger partial charge in [-0.25, -0.2) is 0 Å². The molecule has 3 saturated carbocycles. The lowest BCUT2D eigenvalue weighted by atomic mass is 9.47. The van der Waals surface area contributed by atoms with Gasteiger partial charge in [-0.1, -0.05) is 65.3 Å². The van der Waals surface area contributed by atoms with E-state index in [9.17, 15) is 5.11 Å². The molecule has 2 nitrogen and oxygen atoms in total. The van der Waals surface area contributed by atoms with Crippen molar-refractivity contribution >= 4 is 0 Å². The summed E-state index contributed by atoms with van der Waals surface area (Å²) in [5.41, 5.74) is 2.38. The minimum absolute atomic E-state index is 0.0480. The molecule has 0 aromatic carbocycles. The van der Waals surface area contributed by atoms with Crippen LogP contribution in [0.15, 0.2) is 23.8 Å². The Morgan fingerprint density at radius 1 is 1.00 bits per heavy atom. The molecule has 1 heterocycles. The van der Waals surface area contributed by atoms with Crippen molar-refractivity contribution in [2.75, 3.05) is 0 Å². The predicted octanol–water partition coefficient (Wildman–Crippen LogP) is 6.54. The fourth-order valence-electron chi connectivity index (χ4n) is 8.52. The lowest BCUT2D eigenvalue weighted by Crippen LogP contribution is -2.55. The van der Waals surface area contributed by atoms with Gasteiger partial charge in [-0.2, -0.15) is 0 Å². The van der Waals surface area contributed by atoms with Crippen LogP contribution in [0.3, 0.4) is 0 Å². The van der Waals surface area contributed by atoms with E-state index < -0.39 is 0 Å². The second-order valence-corrected chi connectivity index (χ2v) is 12.6. The van der Waals surface area contributed by atoms with Gasteiger partial charge in [-0.3, -0.25) is 0 Å². The van der Waals surface area contributed by atoms with Crippen LogP contribution in [0.5, 0.6) is 0 Å². The molecular weight excluding hydrogens is 368 g/mol. The highest BCUT2D eigenvalue weighted by atomic mass is 16.6. The van der Waals surface area contributed by atoms with Crippen molar-refractivity contribution in [3.05, 3.63) is 23.8 Å². The molecule has 4 aliphatic carbocycles. The summed E-state index contributed by atoms with van der Waals surface area (Å²) in [5.74, 6) is 4.26. The molecule has 168 valence electrons. The van der Waals surface area contributed by atoms with Crippen LogP contribution in [-0.2, 0) is 4.74 Å². The van der Waals surface area contributed by atoms with E-state index in [1.54, 1.807) is 5.57 Å². The van der Waals surface area contributed by atoms with Crippen LogP contribution in [0.2, 0.25) is 0 Å². The smallest absolute Gasteiger partial charge is 0.107 e. The van der Waals surface area contributed by atoms with Crippen LogP contribution in [0.1, 0.15) is 86.5 Å². The van der Waals surface area contributed by atoms with Gasteiger partial charge in [0.25, 0.3) is 0 Å². The van der Waals surface area contributed by atoms with E-state index in [1.807, 2.05) is 0 Å². The van der Waals surface area contributed by atoms with E-state index in [4.69, 9.17) is 4.74 Å². The second-order valence-electron chi connectivity index (χ2n) is 12.6. The summed E-state index contributed by atoms with van der Waals surface area (Å²) >= 11 is 0. The Hall–Kier alpha value is -0.600. The van der Waals surface area contributed by atoms with Gasteiger partial charge in [0.05, 0.1) is 6.10 Å². The van der Waals surface area contributed by atoms with Crippen molar-refractivity contribution in [3.63, 3.8) is 0 Å². The Morgan fingerprint density at radius 2 is 1.77 bits per heavy atom. The Balaban J connectivity index is 1.40. The molecule has 1 saturated heterocycles. The Morgan fingerprint density at radius 3 is 2.50 bits per heavy atom. The van der Waals surface area contributed by atoms with Gasteiger partial charge in [0, 0.05) is 11.8 Å². The van der Waals surface area contributed by atoms with Crippen LogP contribution >= 0.6 is 0 Å². The lowest BCUT2D eigenvalue weighted by molar-refractivity contribution is -0.0527. The fraction of sp³-hybridized carbons (Fsp3) is 0.857. The number of epoxide rings is 1. The molecule has 5 rings (SSSR count). The number of rotatable bonds is 4. The Kier molecular flexibility index (Phi) is 4.92. The predicted molar refractivity (Wildman–Crippen MR) is 123 cm³/mol. The van der Waals surface area contributed by atoms with Gasteiger partial charge in [-0.15, -0.1) is 0 Å². The van der Waals surface area contributed by atoms with Crippen LogP contribution in [0.25, 0.3) is 0 Å². The molecule has 0 amide bonds. The molecule has 0 bridgehead atoms. The zero-order chi connectivity index (χ0) is 21.5. The summed E-state index contributed by atoms with van der Waals surface area (Å²) in [6.07, 6.45) is 16.0. The Labute approximate surface area is 184 Å². The third kappa shape index (κ3) is 2.81. The van der Waals surface area contributed by atoms with Crippen LogP contribution in [-0.4, -0.2) is 22.9 Å². The highest BCUT2D eigenvalue weighted by Crippen LogP contribution is 2.72. The summed E-state index contributed by atoms with van der Waals surface area (Å²) in [6.45, 7) is 14.6. The molecule has 1 spiro atoms. The maximum atomic E-state index is 10.4. The average molecular weight is 413 g/mol. The first-order valence-electron chi connectivity index (χ1n) is 12.9. The highest BCUT2D eigenvalue weighted by molar-refractivity contribution is 5.38. The van der Waals surface area contributed by atoms with Crippen molar-refractivity contribution < 1.29 is 9.84 Å². The first-order chi connectivity index (χ1) is 14.1. The minimum atomic E-state index is -0.163. The first-order valence-corrected chi connectivity index (χ1v) is 12.9. The third-order valence-electron chi connectivity index (χ3n) is 10.9. The van der Waals surface area contributed by atoms with Gasteiger partial charge < -0.3 is 9.84 Å². The van der Waals surface area contributed by atoms with Gasteiger partial charge in [-0.05, 0) is 79.4 Å². The lowest BCUT2D eigenvalue weighted by Gasteiger charge is -2.56. The summed E-state index contributed by atoms with van der Waals surface area (Å²) in [4.78, 5) is 0. The van der Waals surface area contributed by atoms with Crippen molar-refractivity contribution in [2.45, 2.75) is 104 Å². The molecule has 10 atom stereocenters. The number of hydrogen-bond acceptors (Lipinski definition) is 2. The van der Waals surface area contributed by atoms with E-state index in [1.165, 1.54) is 25.7 Å². The van der Waals surface area contributed by atoms with E-state index in [-0.39, 0.29) is 23.2 Å². The molecule has 0 aromatic rings. The molecule has 0 radical (unpaired) electrons. The van der Waals surface area contributed by atoms with E-state index in [0.717, 1.165) is 37.0 Å². The number of hydrogen-bond donors (Lipinski definition) is 1. The molecule has 0 unspecified atom stereocenters. The largest absolute Gasteiger partial charge is 0.393 e. The quantitative estimate of drug-likeness (QED) is 0.420. The number of ether oxygens (including phenoxy) is 1. The van der Waals surface area contributed by atoms with Crippen molar-refractivity contribution in [2.24, 2.45) is 46.3 Å². The van der Waals surface area contributed by atoms with Gasteiger partial charge >= 0.3 is 0 Å². The van der Waals surface area contributed by atoms with Crippen molar-refractivity contribution in [3.8, 4) is 0 Å². The highest BCUT2D eigenvalue weighted by Gasteiger charge is 2.73. The molecule has 2 heteroatoms. The number of fused-ring (bicyclic) bond motifs is 4. The third-order valence-corrected chi connectivity index (χ3v) is 10.9. The monoisotopic (exact) mass is 412 g/mol.